The van der Waals surface area contributed by atoms with E-state index >= 15 is 0 Å². The van der Waals surface area contributed by atoms with Crippen LogP contribution in [0.2, 0.25) is 12.1 Å². The lowest BCUT2D eigenvalue weighted by atomic mass is 10.1. The standard InChI is InChI=1S/C41H72N4O10SSi2/c1-9-45(10-2)40-29-26-38(35-36(40)23-21-33-57(50-11-3,51-12-4)52-13-5)44-43-37-24-27-39(28-25-37)56(47,48)32-20-18-17-19-31-49-41(46)42-30-22-34-58(53-14-6,54-15-7)55-16-8/h24-29,35H,9-23,30-34H2,1-8H3,(H,42,46). The van der Waals surface area contributed by atoms with Crippen molar-refractivity contribution in [3.05, 3.63) is 48.0 Å². The molecule has 0 aliphatic heterocycles. The number of benzene rings is 2. The lowest BCUT2D eigenvalue weighted by Crippen LogP contribution is -2.46. The summed E-state index contributed by atoms with van der Waals surface area (Å²) >= 11 is 0. The number of rotatable bonds is 33. The fraction of sp³-hybridized carbons (Fsp3) is 0.683. The number of alkyl carbamates (subject to hydrolysis) is 1. The average Bonchev–Trinajstić information content (AvgIpc) is 3.20. The van der Waals surface area contributed by atoms with E-state index < -0.39 is 33.5 Å². The van der Waals surface area contributed by atoms with Gasteiger partial charge in [0, 0.05) is 77.1 Å². The topological polar surface area (TPSA) is 156 Å². The minimum Gasteiger partial charge on any atom is -0.450 e. The summed E-state index contributed by atoms with van der Waals surface area (Å²) in [5.41, 5.74) is 3.62. The van der Waals surface area contributed by atoms with Gasteiger partial charge in [0.25, 0.3) is 0 Å². The van der Waals surface area contributed by atoms with Crippen LogP contribution in [0.1, 0.15) is 99.5 Å². The Labute approximate surface area is 351 Å². The molecule has 0 aliphatic rings. The third kappa shape index (κ3) is 18.3. The van der Waals surface area contributed by atoms with Crippen molar-refractivity contribution < 1.29 is 44.5 Å². The van der Waals surface area contributed by atoms with E-state index in [4.69, 9.17) is 31.3 Å². The first-order valence-electron chi connectivity index (χ1n) is 21.4. The number of hydrogen-bond acceptors (Lipinski definition) is 13. The first kappa shape index (κ1) is 51.4. The molecular formula is C41H72N4O10SSi2. The van der Waals surface area contributed by atoms with Crippen LogP contribution in [0.3, 0.4) is 0 Å². The largest absolute Gasteiger partial charge is 0.500 e. The highest BCUT2D eigenvalue weighted by atomic mass is 32.2. The van der Waals surface area contributed by atoms with Gasteiger partial charge < -0.3 is 41.5 Å². The van der Waals surface area contributed by atoms with Crippen LogP contribution in [-0.2, 0) is 47.6 Å². The van der Waals surface area contributed by atoms with E-state index in [1.165, 1.54) is 11.3 Å². The first-order valence-corrected chi connectivity index (χ1v) is 26.9. The fourth-order valence-corrected chi connectivity index (χ4v) is 13.2. The van der Waals surface area contributed by atoms with Gasteiger partial charge >= 0.3 is 23.7 Å². The van der Waals surface area contributed by atoms with E-state index in [-0.39, 0.29) is 17.3 Å². The van der Waals surface area contributed by atoms with Gasteiger partial charge in [-0.25, -0.2) is 13.2 Å². The van der Waals surface area contributed by atoms with Crippen LogP contribution in [0.5, 0.6) is 0 Å². The molecule has 0 unspecified atom stereocenters. The van der Waals surface area contributed by atoms with Crippen molar-refractivity contribution in [1.29, 1.82) is 0 Å². The SMILES string of the molecule is CCO[Si](CCCNC(=O)OCCCCCCS(=O)(=O)c1ccc(N=Nc2ccc(N(CC)CC)c(CCC[Si](OCC)(OCC)OCC)c2)cc1)(OCC)OCC. The predicted molar refractivity (Wildman–Crippen MR) is 234 cm³/mol. The number of carbonyl (C=O) groups excluding carboxylic acids is 1. The zero-order valence-corrected chi connectivity index (χ0v) is 39.3. The molecule has 0 atom stereocenters. The monoisotopic (exact) mass is 868 g/mol. The molecule has 0 saturated heterocycles. The molecule has 17 heteroatoms. The Bertz CT molecular complexity index is 1530. The molecule has 0 aliphatic carbocycles. The van der Waals surface area contributed by atoms with Gasteiger partial charge in [-0.05, 0) is 136 Å². The minimum absolute atomic E-state index is 0.0379. The Balaban J connectivity index is 1.86. The number of unbranched alkanes of at least 4 members (excludes halogenated alkanes) is 3. The van der Waals surface area contributed by atoms with Crippen LogP contribution in [-0.4, -0.2) is 104 Å². The van der Waals surface area contributed by atoms with Crippen molar-refractivity contribution in [3.8, 4) is 0 Å². The number of amides is 1. The van der Waals surface area contributed by atoms with Gasteiger partial charge in [-0.3, -0.25) is 0 Å². The maximum Gasteiger partial charge on any atom is 0.500 e. The highest BCUT2D eigenvalue weighted by Crippen LogP contribution is 2.30. The Morgan fingerprint density at radius 2 is 1.14 bits per heavy atom. The molecule has 0 aromatic heterocycles. The first-order chi connectivity index (χ1) is 28.0. The zero-order chi connectivity index (χ0) is 42.7. The Kier molecular flexibility index (Phi) is 25.4. The van der Waals surface area contributed by atoms with Crippen molar-refractivity contribution in [1.82, 2.24) is 5.32 Å². The molecule has 0 spiro atoms. The van der Waals surface area contributed by atoms with Gasteiger partial charge in [0.05, 0.1) is 28.6 Å². The van der Waals surface area contributed by atoms with Crippen molar-refractivity contribution in [2.75, 3.05) is 76.5 Å². The number of nitrogens with one attached hydrogen (secondary N) is 1. The third-order valence-corrected chi connectivity index (χ3v) is 17.3. The molecule has 0 bridgehead atoms. The summed E-state index contributed by atoms with van der Waals surface area (Å²) in [5.74, 6) is 0.0379. The number of aryl methyl sites for hydroxylation is 1. The van der Waals surface area contributed by atoms with E-state index in [1.54, 1.807) is 24.3 Å². The number of sulfone groups is 1. The summed E-state index contributed by atoms with van der Waals surface area (Å²) < 4.78 is 67.2. The van der Waals surface area contributed by atoms with Crippen molar-refractivity contribution >= 4 is 50.6 Å². The summed E-state index contributed by atoms with van der Waals surface area (Å²) in [6, 6.07) is 14.0. The summed E-state index contributed by atoms with van der Waals surface area (Å²) in [6.45, 7) is 21.6. The van der Waals surface area contributed by atoms with Gasteiger partial charge in [0.2, 0.25) is 0 Å². The highest BCUT2D eigenvalue weighted by Gasteiger charge is 2.40. The molecule has 2 aromatic carbocycles. The van der Waals surface area contributed by atoms with Gasteiger partial charge in [-0.15, -0.1) is 0 Å². The van der Waals surface area contributed by atoms with Crippen LogP contribution < -0.4 is 10.2 Å². The Morgan fingerprint density at radius 3 is 1.67 bits per heavy atom. The number of nitrogens with zero attached hydrogens (tertiary/aromatic N) is 3. The second-order valence-electron chi connectivity index (χ2n) is 13.4. The smallest absolute Gasteiger partial charge is 0.450 e. The predicted octanol–water partition coefficient (Wildman–Crippen LogP) is 9.43. The molecule has 0 fully saturated rings. The van der Waals surface area contributed by atoms with Gasteiger partial charge in [-0.2, -0.15) is 10.2 Å². The van der Waals surface area contributed by atoms with Crippen molar-refractivity contribution in [3.63, 3.8) is 0 Å². The van der Waals surface area contributed by atoms with E-state index in [2.05, 4.69) is 46.4 Å². The number of carbonyl (C=O) groups is 1. The van der Waals surface area contributed by atoms with E-state index in [1.807, 2.05) is 47.6 Å². The van der Waals surface area contributed by atoms with E-state index in [0.29, 0.717) is 83.6 Å². The summed E-state index contributed by atoms with van der Waals surface area (Å²) in [5, 5.41) is 11.7. The van der Waals surface area contributed by atoms with Crippen LogP contribution in [0.4, 0.5) is 21.9 Å². The Hall–Kier alpha value is -2.75. The molecule has 1 amide bonds. The highest BCUT2D eigenvalue weighted by molar-refractivity contribution is 7.91. The quantitative estimate of drug-likeness (QED) is 0.0414. The van der Waals surface area contributed by atoms with Gasteiger partial charge in [0.1, 0.15) is 0 Å². The minimum atomic E-state index is -3.46. The molecular weight excluding hydrogens is 797 g/mol. The molecule has 14 nitrogen and oxygen atoms in total. The van der Waals surface area contributed by atoms with E-state index in [9.17, 15) is 13.2 Å². The van der Waals surface area contributed by atoms with Crippen LogP contribution in [0.25, 0.3) is 0 Å². The average molecular weight is 869 g/mol. The van der Waals surface area contributed by atoms with Crippen LogP contribution in [0, 0.1) is 0 Å². The maximum absolute atomic E-state index is 13.1. The van der Waals surface area contributed by atoms with Gasteiger partial charge in [0.15, 0.2) is 9.84 Å². The summed E-state index contributed by atoms with van der Waals surface area (Å²) in [6.07, 6.45) is 4.45. The third-order valence-electron chi connectivity index (χ3n) is 9.23. The molecule has 2 aromatic rings. The lowest BCUT2D eigenvalue weighted by molar-refractivity contribution is 0.0700. The Morgan fingerprint density at radius 1 is 0.638 bits per heavy atom. The second kappa shape index (κ2) is 28.7. The number of hydrogen-bond donors (Lipinski definition) is 1. The molecule has 1 N–H and O–H groups in total. The van der Waals surface area contributed by atoms with Crippen LogP contribution in [0.15, 0.2) is 57.6 Å². The van der Waals surface area contributed by atoms with Crippen LogP contribution >= 0.6 is 0 Å². The molecule has 0 radical (unpaired) electrons. The van der Waals surface area contributed by atoms with Gasteiger partial charge in [-0.1, -0.05) is 12.8 Å². The summed E-state index contributed by atoms with van der Waals surface area (Å²) in [7, 11) is -8.95. The molecule has 58 heavy (non-hydrogen) atoms. The van der Waals surface area contributed by atoms with Crippen molar-refractivity contribution in [2.24, 2.45) is 10.2 Å². The molecule has 0 heterocycles. The summed E-state index contributed by atoms with van der Waals surface area (Å²) in [4.78, 5) is 14.7. The lowest BCUT2D eigenvalue weighted by Gasteiger charge is -2.29. The number of ether oxygens (including phenoxy) is 1. The molecule has 0 saturated carbocycles. The molecule has 2 rings (SSSR count). The van der Waals surface area contributed by atoms with Crippen molar-refractivity contribution in [2.45, 2.75) is 117 Å². The molecule has 330 valence electrons. The number of anilines is 1. The van der Waals surface area contributed by atoms with E-state index in [0.717, 1.165) is 44.1 Å². The normalized spacial score (nSPS) is 12.3. The number of azo groups is 1. The second-order valence-corrected chi connectivity index (χ2v) is 21.0. The fourth-order valence-electron chi connectivity index (χ4n) is 6.62. The zero-order valence-electron chi connectivity index (χ0n) is 36.5. The maximum atomic E-state index is 13.1.